The second-order valence-corrected chi connectivity index (χ2v) is 13.3. The van der Waals surface area contributed by atoms with Crippen molar-refractivity contribution in [3.8, 4) is 11.3 Å². The summed E-state index contributed by atoms with van der Waals surface area (Å²) in [4.78, 5) is 10.7. The smallest absolute Gasteiger partial charge is 0.0947 e. The van der Waals surface area contributed by atoms with Crippen LogP contribution in [0.25, 0.3) is 33.8 Å². The number of hydrogen-bond donors (Lipinski definition) is 1. The average Bonchev–Trinajstić information content (AvgIpc) is 3.22. The van der Waals surface area contributed by atoms with Crippen LogP contribution < -0.4 is 5.32 Å². The van der Waals surface area contributed by atoms with Crippen LogP contribution in [0.3, 0.4) is 0 Å². The van der Waals surface area contributed by atoms with Crippen molar-refractivity contribution >= 4 is 34.0 Å². The molecular weight excluding hydrogens is 619 g/mol. The molecule has 1 aromatic heterocycles. The van der Waals surface area contributed by atoms with Gasteiger partial charge in [0.15, 0.2) is 0 Å². The molecule has 1 unspecified atom stereocenters. The maximum Gasteiger partial charge on any atom is 0.0947 e. The van der Waals surface area contributed by atoms with Crippen molar-refractivity contribution < 1.29 is 0 Å². The molecule has 51 heavy (non-hydrogen) atoms. The summed E-state index contributed by atoms with van der Waals surface area (Å²) >= 11 is 0. The molecule has 2 heterocycles. The molecule has 0 amide bonds. The van der Waals surface area contributed by atoms with Gasteiger partial charge in [0.1, 0.15) is 0 Å². The summed E-state index contributed by atoms with van der Waals surface area (Å²) in [5, 5.41) is 4.94. The van der Waals surface area contributed by atoms with E-state index in [-0.39, 0.29) is 6.04 Å². The molecule has 2 aliphatic carbocycles. The van der Waals surface area contributed by atoms with Crippen LogP contribution in [0.1, 0.15) is 60.9 Å². The zero-order valence-electron chi connectivity index (χ0n) is 29.0. The van der Waals surface area contributed by atoms with Crippen molar-refractivity contribution in [1.82, 2.24) is 4.98 Å². The number of aromatic nitrogens is 1. The molecule has 0 saturated heterocycles. The summed E-state index contributed by atoms with van der Waals surface area (Å²) < 4.78 is 0. The zero-order valence-corrected chi connectivity index (χ0v) is 29.0. The molecule has 4 aromatic carbocycles. The van der Waals surface area contributed by atoms with Gasteiger partial charge >= 0.3 is 0 Å². The number of fused-ring (bicyclic) bond motifs is 3. The summed E-state index contributed by atoms with van der Waals surface area (Å²) in [6.07, 6.45) is 22.3. The minimum Gasteiger partial charge on any atom is -0.372 e. The van der Waals surface area contributed by atoms with Crippen molar-refractivity contribution in [2.24, 2.45) is 4.99 Å². The fourth-order valence-electron chi connectivity index (χ4n) is 7.09. The Kier molecular flexibility index (Phi) is 9.10. The van der Waals surface area contributed by atoms with Crippen molar-refractivity contribution in [3.05, 3.63) is 203 Å². The van der Waals surface area contributed by atoms with Gasteiger partial charge in [-0.1, -0.05) is 158 Å². The number of allylic oxidation sites excluding steroid dienone is 9. The molecule has 5 aromatic rings. The monoisotopic (exact) mass is 659 g/mol. The van der Waals surface area contributed by atoms with Crippen LogP contribution in [0.15, 0.2) is 186 Å². The first kappa shape index (κ1) is 32.2. The van der Waals surface area contributed by atoms with Crippen LogP contribution in [0.5, 0.6) is 0 Å². The van der Waals surface area contributed by atoms with Gasteiger partial charge in [-0.05, 0) is 72.1 Å². The van der Waals surface area contributed by atoms with Gasteiger partial charge in [-0.25, -0.2) is 9.98 Å². The lowest BCUT2D eigenvalue weighted by Gasteiger charge is -2.24. The van der Waals surface area contributed by atoms with Gasteiger partial charge < -0.3 is 5.32 Å². The topological polar surface area (TPSA) is 37.3 Å². The highest BCUT2D eigenvalue weighted by Crippen LogP contribution is 2.37. The predicted molar refractivity (Wildman–Crippen MR) is 217 cm³/mol. The number of hydrogen-bond acceptors (Lipinski definition) is 3. The van der Waals surface area contributed by atoms with E-state index in [2.05, 4.69) is 164 Å². The van der Waals surface area contributed by atoms with Crippen LogP contribution in [0, 0.1) is 0 Å². The fourth-order valence-corrected chi connectivity index (χ4v) is 7.09. The first-order valence-electron chi connectivity index (χ1n) is 17.9. The van der Waals surface area contributed by atoms with Crippen LogP contribution in [-0.4, -0.2) is 10.7 Å². The molecule has 1 aliphatic heterocycles. The minimum atomic E-state index is -0.00250. The Balaban J connectivity index is 1.17. The van der Waals surface area contributed by atoms with E-state index in [1.165, 1.54) is 22.3 Å². The Morgan fingerprint density at radius 2 is 1.39 bits per heavy atom. The van der Waals surface area contributed by atoms with E-state index >= 15 is 0 Å². The number of nitrogens with zero attached hydrogens (tertiary/aromatic N) is 2. The summed E-state index contributed by atoms with van der Waals surface area (Å²) in [5.41, 5.74) is 14.9. The highest BCUT2D eigenvalue weighted by molar-refractivity contribution is 6.31. The van der Waals surface area contributed by atoms with Crippen molar-refractivity contribution in [2.45, 2.75) is 38.6 Å². The first-order chi connectivity index (χ1) is 25.1. The second-order valence-electron chi connectivity index (χ2n) is 13.3. The Morgan fingerprint density at radius 3 is 2.10 bits per heavy atom. The lowest BCUT2D eigenvalue weighted by Crippen LogP contribution is -2.13. The van der Waals surface area contributed by atoms with Gasteiger partial charge in [0.25, 0.3) is 0 Å². The third-order valence-corrected chi connectivity index (χ3v) is 9.96. The molecule has 1 N–H and O–H groups in total. The summed E-state index contributed by atoms with van der Waals surface area (Å²) in [6, 6.07) is 38.2. The molecule has 0 bridgehead atoms. The van der Waals surface area contributed by atoms with E-state index in [9.17, 15) is 0 Å². The van der Waals surface area contributed by atoms with E-state index in [1.54, 1.807) is 0 Å². The fraction of sp³-hybridized carbons (Fsp3) is 0.125. The van der Waals surface area contributed by atoms with E-state index < -0.39 is 0 Å². The third kappa shape index (κ3) is 6.76. The van der Waals surface area contributed by atoms with Gasteiger partial charge in [-0.3, -0.25) is 0 Å². The lowest BCUT2D eigenvalue weighted by atomic mass is 9.92. The van der Waals surface area contributed by atoms with Gasteiger partial charge in [-0.2, -0.15) is 0 Å². The molecule has 3 nitrogen and oxygen atoms in total. The maximum absolute atomic E-state index is 5.53. The van der Waals surface area contributed by atoms with Crippen molar-refractivity contribution in [2.75, 3.05) is 5.32 Å². The number of benzene rings is 4. The minimum absolute atomic E-state index is 0.00250. The van der Waals surface area contributed by atoms with Gasteiger partial charge in [0, 0.05) is 22.1 Å². The van der Waals surface area contributed by atoms with Crippen molar-refractivity contribution in [1.29, 1.82) is 0 Å². The molecule has 0 spiro atoms. The Labute approximate surface area is 301 Å². The predicted octanol–water partition coefficient (Wildman–Crippen LogP) is 12.4. The number of anilines is 1. The summed E-state index contributed by atoms with van der Waals surface area (Å²) in [7, 11) is 0. The highest BCUT2D eigenvalue weighted by atomic mass is 14.9. The molecule has 0 saturated carbocycles. The quantitative estimate of drug-likeness (QED) is 0.168. The molecule has 3 heteroatoms. The SMILES string of the molecule is C=C(/C(=N\C(C1=CCCC=C1)=C(/C)C1=CCCC=C1)c1ccc(C2C=Cc3ccc4ccc(-c5ccccc5)nc4c3N2)cc1)c1ccccc1. The van der Waals surface area contributed by atoms with Crippen LogP contribution in [0.2, 0.25) is 0 Å². The zero-order chi connectivity index (χ0) is 34.6. The largest absolute Gasteiger partial charge is 0.372 e. The van der Waals surface area contributed by atoms with Crippen molar-refractivity contribution in [3.63, 3.8) is 0 Å². The average molecular weight is 660 g/mol. The van der Waals surface area contributed by atoms with Crippen LogP contribution in [0.4, 0.5) is 5.69 Å². The van der Waals surface area contributed by atoms with E-state index in [0.29, 0.717) is 0 Å². The molecule has 1 atom stereocenters. The molecule has 0 radical (unpaired) electrons. The van der Waals surface area contributed by atoms with Gasteiger partial charge in [-0.15, -0.1) is 0 Å². The molecule has 3 aliphatic rings. The van der Waals surface area contributed by atoms with Gasteiger partial charge in [0.2, 0.25) is 0 Å². The molecule has 248 valence electrons. The summed E-state index contributed by atoms with van der Waals surface area (Å²) in [5.74, 6) is 0. The standard InChI is InChI=1S/C48H41N3/c1-33(35-15-7-3-8-16-35)45(39-21-13-6-14-22-39)51-46(34(2)36-17-9-4-10-18-36)40-25-23-38(24-26-40)44-32-30-42-28-27-41-29-31-43(37-19-11-5-12-20-37)49-47(41)48(42)50-44/h4-5,7,9-13,15-32,44,50H,2-3,6,8,14H2,1H3/b45-33+,51-46+. The van der Waals surface area contributed by atoms with E-state index in [0.717, 1.165) is 87.2 Å². The van der Waals surface area contributed by atoms with Gasteiger partial charge in [0.05, 0.1) is 34.3 Å². The normalized spacial score (nSPS) is 17.3. The van der Waals surface area contributed by atoms with Crippen LogP contribution >= 0.6 is 0 Å². The lowest BCUT2D eigenvalue weighted by molar-refractivity contribution is 0.980. The Bertz CT molecular complexity index is 2330. The molecule has 8 rings (SSSR count). The molecular formula is C48H41N3. The van der Waals surface area contributed by atoms with E-state index in [1.807, 2.05) is 12.1 Å². The number of aliphatic imine (C=N–C) groups is 1. The highest BCUT2D eigenvalue weighted by Gasteiger charge is 2.20. The summed E-state index contributed by atoms with van der Waals surface area (Å²) in [6.45, 7) is 6.82. The van der Waals surface area contributed by atoms with Crippen LogP contribution in [-0.2, 0) is 0 Å². The number of nitrogens with one attached hydrogen (secondary N) is 1. The van der Waals surface area contributed by atoms with E-state index in [4.69, 9.17) is 9.98 Å². The maximum atomic E-state index is 5.53. The first-order valence-corrected chi connectivity index (χ1v) is 17.9. The molecule has 0 fully saturated rings. The Hall–Kier alpha value is -6.06. The number of rotatable bonds is 8. The number of pyridine rings is 1. The third-order valence-electron chi connectivity index (χ3n) is 9.96. The second kappa shape index (κ2) is 14.4. The Morgan fingerprint density at radius 1 is 0.706 bits per heavy atom.